The van der Waals surface area contributed by atoms with Crippen LogP contribution in [0.2, 0.25) is 0 Å². The molecule has 21 heavy (non-hydrogen) atoms. The van der Waals surface area contributed by atoms with Gasteiger partial charge in [-0.2, -0.15) is 0 Å². The molecule has 5 heteroatoms. The van der Waals surface area contributed by atoms with Gasteiger partial charge in [-0.1, -0.05) is 26.0 Å². The lowest BCUT2D eigenvalue weighted by molar-refractivity contribution is 0.227. The molecule has 0 aliphatic carbocycles. The maximum Gasteiger partial charge on any atom is 0.315 e. The van der Waals surface area contributed by atoms with Gasteiger partial charge in [0.25, 0.3) is 0 Å². The van der Waals surface area contributed by atoms with Crippen molar-refractivity contribution in [2.75, 3.05) is 19.8 Å². The summed E-state index contributed by atoms with van der Waals surface area (Å²) in [6, 6.07) is 7.71. The number of hydrogen-bond acceptors (Lipinski definition) is 3. The van der Waals surface area contributed by atoms with Gasteiger partial charge in [-0.15, -0.1) is 0 Å². The molecule has 0 fully saturated rings. The highest BCUT2D eigenvalue weighted by Crippen LogP contribution is 2.18. The number of rotatable bonds is 8. The van der Waals surface area contributed by atoms with Crippen LogP contribution in [0.15, 0.2) is 24.3 Å². The van der Waals surface area contributed by atoms with Gasteiger partial charge in [0.2, 0.25) is 0 Å². The van der Waals surface area contributed by atoms with E-state index in [1.54, 1.807) is 0 Å². The number of aliphatic hydroxyl groups is 1. The van der Waals surface area contributed by atoms with Crippen molar-refractivity contribution >= 4 is 6.03 Å². The monoisotopic (exact) mass is 294 g/mol. The fourth-order valence-electron chi connectivity index (χ4n) is 1.82. The molecule has 0 bridgehead atoms. The Balaban J connectivity index is 2.20. The van der Waals surface area contributed by atoms with Crippen LogP contribution in [0, 0.1) is 0 Å². The highest BCUT2D eigenvalue weighted by Gasteiger charge is 2.05. The number of amides is 2. The minimum Gasteiger partial charge on any atom is -0.492 e. The van der Waals surface area contributed by atoms with Gasteiger partial charge in [0.1, 0.15) is 12.4 Å². The van der Waals surface area contributed by atoms with E-state index in [9.17, 15) is 4.79 Å². The molecule has 0 radical (unpaired) electrons. The molecule has 2 amide bonds. The molecule has 118 valence electrons. The molecule has 1 aromatic rings. The Morgan fingerprint density at radius 1 is 1.24 bits per heavy atom. The minimum atomic E-state index is -0.241. The Morgan fingerprint density at radius 2 is 1.90 bits per heavy atom. The second-order valence-electron chi connectivity index (χ2n) is 5.39. The third-order valence-corrected chi connectivity index (χ3v) is 3.14. The number of nitrogens with one attached hydrogen (secondary N) is 2. The van der Waals surface area contributed by atoms with Crippen LogP contribution in [0.3, 0.4) is 0 Å². The largest absolute Gasteiger partial charge is 0.492 e. The van der Waals surface area contributed by atoms with Crippen LogP contribution in [-0.2, 0) is 0 Å². The van der Waals surface area contributed by atoms with E-state index < -0.39 is 0 Å². The van der Waals surface area contributed by atoms with Gasteiger partial charge in [0, 0.05) is 12.6 Å². The summed E-state index contributed by atoms with van der Waals surface area (Å²) >= 11 is 0. The number of ether oxygens (including phenoxy) is 1. The fourth-order valence-corrected chi connectivity index (χ4v) is 1.82. The number of aliphatic hydroxyl groups excluding tert-OH is 1. The van der Waals surface area contributed by atoms with E-state index in [1.807, 2.05) is 19.1 Å². The normalized spacial score (nSPS) is 12.0. The third kappa shape index (κ3) is 6.99. The van der Waals surface area contributed by atoms with Crippen LogP contribution >= 0.6 is 0 Å². The summed E-state index contributed by atoms with van der Waals surface area (Å²) in [5.41, 5.74) is 1.28. The zero-order valence-corrected chi connectivity index (χ0v) is 13.1. The summed E-state index contributed by atoms with van der Waals surface area (Å²) < 4.78 is 5.56. The molecule has 3 N–H and O–H groups in total. The van der Waals surface area contributed by atoms with Crippen LogP contribution in [0.1, 0.15) is 38.7 Å². The molecule has 0 spiro atoms. The van der Waals surface area contributed by atoms with Gasteiger partial charge < -0.3 is 20.5 Å². The van der Waals surface area contributed by atoms with Gasteiger partial charge in [-0.25, -0.2) is 4.79 Å². The van der Waals surface area contributed by atoms with Crippen molar-refractivity contribution in [1.82, 2.24) is 10.6 Å². The zero-order chi connectivity index (χ0) is 15.7. The van der Waals surface area contributed by atoms with Gasteiger partial charge in [-0.05, 0) is 37.0 Å². The van der Waals surface area contributed by atoms with Crippen LogP contribution < -0.4 is 15.4 Å². The molecule has 0 unspecified atom stereocenters. The summed E-state index contributed by atoms with van der Waals surface area (Å²) in [7, 11) is 0. The van der Waals surface area contributed by atoms with E-state index in [1.165, 1.54) is 5.56 Å². The van der Waals surface area contributed by atoms with Crippen LogP contribution in [0.5, 0.6) is 5.75 Å². The zero-order valence-electron chi connectivity index (χ0n) is 13.1. The fraction of sp³-hybridized carbons (Fsp3) is 0.562. The van der Waals surface area contributed by atoms with Crippen LogP contribution in [0.4, 0.5) is 4.79 Å². The SMILES string of the molecule is CC(C)c1ccc(OCCNC(=O)N[C@H](C)CCO)cc1. The summed E-state index contributed by atoms with van der Waals surface area (Å²) in [6.07, 6.45) is 0.548. The Kier molecular flexibility index (Phi) is 7.61. The Hall–Kier alpha value is -1.75. The number of urea groups is 1. The number of hydrogen-bond donors (Lipinski definition) is 3. The van der Waals surface area contributed by atoms with Crippen molar-refractivity contribution in [3.05, 3.63) is 29.8 Å². The average Bonchev–Trinajstić information content (AvgIpc) is 2.44. The molecular formula is C16H26N2O3. The van der Waals surface area contributed by atoms with Crippen LogP contribution in [0.25, 0.3) is 0 Å². The van der Waals surface area contributed by atoms with Gasteiger partial charge >= 0.3 is 6.03 Å². The molecule has 0 aliphatic rings. The first kappa shape index (κ1) is 17.3. The quantitative estimate of drug-likeness (QED) is 0.644. The van der Waals surface area contributed by atoms with E-state index in [0.29, 0.717) is 25.5 Å². The lowest BCUT2D eigenvalue weighted by Crippen LogP contribution is -2.42. The third-order valence-electron chi connectivity index (χ3n) is 3.14. The van der Waals surface area contributed by atoms with E-state index in [2.05, 4.69) is 36.6 Å². The minimum absolute atomic E-state index is 0.0421. The highest BCUT2D eigenvalue weighted by molar-refractivity contribution is 5.74. The summed E-state index contributed by atoms with van der Waals surface area (Å²) in [5, 5.41) is 14.2. The molecule has 1 aromatic carbocycles. The summed E-state index contributed by atoms with van der Waals surface area (Å²) in [6.45, 7) is 7.07. The standard InChI is InChI=1S/C16H26N2O3/c1-12(2)14-4-6-15(7-5-14)21-11-9-17-16(20)18-13(3)8-10-19/h4-7,12-13,19H,8-11H2,1-3H3,(H2,17,18,20)/t13-/m1/s1. The predicted molar refractivity (Wildman–Crippen MR) is 83.7 cm³/mol. The van der Waals surface area contributed by atoms with E-state index in [-0.39, 0.29) is 18.7 Å². The van der Waals surface area contributed by atoms with Crippen molar-refractivity contribution < 1.29 is 14.6 Å². The van der Waals surface area contributed by atoms with Gasteiger partial charge in [0.05, 0.1) is 6.54 Å². The molecule has 0 saturated heterocycles. The number of carbonyl (C=O) groups is 1. The maximum atomic E-state index is 11.5. The van der Waals surface area contributed by atoms with Crippen molar-refractivity contribution in [3.8, 4) is 5.75 Å². The second-order valence-corrected chi connectivity index (χ2v) is 5.39. The molecule has 1 atom stereocenters. The molecule has 0 aliphatic heterocycles. The topological polar surface area (TPSA) is 70.6 Å². The molecule has 5 nitrogen and oxygen atoms in total. The van der Waals surface area contributed by atoms with Crippen molar-refractivity contribution in [3.63, 3.8) is 0 Å². The first-order valence-electron chi connectivity index (χ1n) is 7.41. The van der Waals surface area contributed by atoms with Crippen molar-refractivity contribution in [2.45, 2.75) is 39.2 Å². The van der Waals surface area contributed by atoms with E-state index >= 15 is 0 Å². The number of carbonyl (C=O) groups excluding carboxylic acids is 1. The first-order valence-corrected chi connectivity index (χ1v) is 7.41. The molecule has 0 heterocycles. The Morgan fingerprint density at radius 3 is 2.48 bits per heavy atom. The van der Waals surface area contributed by atoms with Crippen molar-refractivity contribution in [2.24, 2.45) is 0 Å². The summed E-state index contributed by atoms with van der Waals surface area (Å²) in [4.78, 5) is 11.5. The number of benzene rings is 1. The predicted octanol–water partition coefficient (Wildman–Crippen LogP) is 2.26. The first-order chi connectivity index (χ1) is 10.0. The van der Waals surface area contributed by atoms with Crippen LogP contribution in [-0.4, -0.2) is 36.9 Å². The average molecular weight is 294 g/mol. The Bertz CT molecular complexity index is 418. The van der Waals surface area contributed by atoms with Gasteiger partial charge in [0.15, 0.2) is 0 Å². The van der Waals surface area contributed by atoms with E-state index in [4.69, 9.17) is 9.84 Å². The smallest absolute Gasteiger partial charge is 0.315 e. The molecule has 0 aromatic heterocycles. The van der Waals surface area contributed by atoms with E-state index in [0.717, 1.165) is 5.75 Å². The lowest BCUT2D eigenvalue weighted by Gasteiger charge is -2.13. The Labute approximate surface area is 126 Å². The van der Waals surface area contributed by atoms with Crippen molar-refractivity contribution in [1.29, 1.82) is 0 Å². The molecular weight excluding hydrogens is 268 g/mol. The lowest BCUT2D eigenvalue weighted by atomic mass is 10.0. The molecule has 1 rings (SSSR count). The highest BCUT2D eigenvalue weighted by atomic mass is 16.5. The summed E-state index contributed by atoms with van der Waals surface area (Å²) in [5.74, 6) is 1.31. The maximum absolute atomic E-state index is 11.5. The second kappa shape index (κ2) is 9.23. The molecule has 0 saturated carbocycles. The van der Waals surface area contributed by atoms with Gasteiger partial charge in [-0.3, -0.25) is 0 Å².